The van der Waals surface area contributed by atoms with Gasteiger partial charge in [-0.3, -0.25) is 9.78 Å². The first-order chi connectivity index (χ1) is 9.19. The average Bonchev–Trinajstić information content (AvgIpc) is 2.91. The monoisotopic (exact) mass is 276 g/mol. The van der Waals surface area contributed by atoms with Crippen LogP contribution in [0.1, 0.15) is 22.3 Å². The number of nitrogens with one attached hydrogen (secondary N) is 2. The standard InChI is InChI=1S/C13H16N4OS/c1-9(6-10-4-3-5-19-10)16-13(18)11-7-15-8-12(14-2)17-11/h3-5,7-9H,6H2,1-2H3,(H,14,17)(H,16,18). The van der Waals surface area contributed by atoms with Crippen molar-refractivity contribution in [2.24, 2.45) is 0 Å². The third-order valence-corrected chi connectivity index (χ3v) is 3.49. The first kappa shape index (κ1) is 13.5. The summed E-state index contributed by atoms with van der Waals surface area (Å²) in [4.78, 5) is 21.4. The SMILES string of the molecule is CNc1cncc(C(=O)NC(C)Cc2cccs2)n1. The summed E-state index contributed by atoms with van der Waals surface area (Å²) in [7, 11) is 1.74. The van der Waals surface area contributed by atoms with Crippen molar-refractivity contribution in [2.45, 2.75) is 19.4 Å². The molecule has 6 heteroatoms. The molecular formula is C13H16N4OS. The molecule has 1 atom stereocenters. The molecule has 1 unspecified atom stereocenters. The maximum atomic E-state index is 12.0. The maximum absolute atomic E-state index is 12.0. The summed E-state index contributed by atoms with van der Waals surface area (Å²) in [6, 6.07) is 4.14. The van der Waals surface area contributed by atoms with Gasteiger partial charge in [0.25, 0.3) is 5.91 Å². The summed E-state index contributed by atoms with van der Waals surface area (Å²) in [6.45, 7) is 1.98. The molecule has 0 saturated carbocycles. The molecule has 0 aliphatic rings. The van der Waals surface area contributed by atoms with E-state index in [4.69, 9.17) is 0 Å². The highest BCUT2D eigenvalue weighted by molar-refractivity contribution is 7.09. The van der Waals surface area contributed by atoms with Crippen LogP contribution in [-0.2, 0) is 6.42 Å². The fraction of sp³-hybridized carbons (Fsp3) is 0.308. The molecule has 5 nitrogen and oxygen atoms in total. The molecular weight excluding hydrogens is 260 g/mol. The number of nitrogens with zero attached hydrogens (tertiary/aromatic N) is 2. The van der Waals surface area contributed by atoms with E-state index in [1.807, 2.05) is 18.4 Å². The highest BCUT2D eigenvalue weighted by atomic mass is 32.1. The van der Waals surface area contributed by atoms with Crippen molar-refractivity contribution in [3.8, 4) is 0 Å². The van der Waals surface area contributed by atoms with E-state index in [1.165, 1.54) is 11.1 Å². The van der Waals surface area contributed by atoms with Gasteiger partial charge in [0.05, 0.1) is 12.4 Å². The van der Waals surface area contributed by atoms with Crippen LogP contribution in [0.2, 0.25) is 0 Å². The van der Waals surface area contributed by atoms with E-state index in [0.29, 0.717) is 11.5 Å². The van der Waals surface area contributed by atoms with Crippen molar-refractivity contribution < 1.29 is 4.79 Å². The second-order valence-electron chi connectivity index (χ2n) is 4.20. The molecule has 19 heavy (non-hydrogen) atoms. The Hall–Kier alpha value is -1.95. The lowest BCUT2D eigenvalue weighted by molar-refractivity contribution is 0.0935. The van der Waals surface area contributed by atoms with E-state index in [9.17, 15) is 4.79 Å². The van der Waals surface area contributed by atoms with Crippen molar-refractivity contribution in [3.63, 3.8) is 0 Å². The molecule has 0 fully saturated rings. The molecule has 2 N–H and O–H groups in total. The molecule has 0 aromatic carbocycles. The first-order valence-corrected chi connectivity index (χ1v) is 6.90. The van der Waals surface area contributed by atoms with Crippen LogP contribution in [0.15, 0.2) is 29.9 Å². The average molecular weight is 276 g/mol. The quantitative estimate of drug-likeness (QED) is 0.876. The van der Waals surface area contributed by atoms with E-state index in [1.54, 1.807) is 24.6 Å². The Bertz CT molecular complexity index is 541. The summed E-state index contributed by atoms with van der Waals surface area (Å²) in [5.74, 6) is 0.382. The van der Waals surface area contributed by atoms with Gasteiger partial charge in [-0.05, 0) is 18.4 Å². The molecule has 1 amide bonds. The molecule has 0 aliphatic heterocycles. The van der Waals surface area contributed by atoms with E-state index in [0.717, 1.165) is 6.42 Å². The largest absolute Gasteiger partial charge is 0.372 e. The van der Waals surface area contributed by atoms with E-state index in [-0.39, 0.29) is 11.9 Å². The van der Waals surface area contributed by atoms with Gasteiger partial charge in [0, 0.05) is 24.4 Å². The van der Waals surface area contributed by atoms with Gasteiger partial charge >= 0.3 is 0 Å². The Labute approximate surface area is 116 Å². The van der Waals surface area contributed by atoms with Gasteiger partial charge in [-0.2, -0.15) is 0 Å². The third kappa shape index (κ3) is 3.75. The fourth-order valence-corrected chi connectivity index (χ4v) is 2.51. The van der Waals surface area contributed by atoms with Crippen molar-refractivity contribution in [3.05, 3.63) is 40.5 Å². The van der Waals surface area contributed by atoms with Gasteiger partial charge in [-0.15, -0.1) is 11.3 Å². The van der Waals surface area contributed by atoms with Crippen molar-refractivity contribution >= 4 is 23.1 Å². The topological polar surface area (TPSA) is 66.9 Å². The molecule has 0 bridgehead atoms. The number of aromatic nitrogens is 2. The first-order valence-electron chi connectivity index (χ1n) is 6.02. The molecule has 2 rings (SSSR count). The van der Waals surface area contributed by atoms with Crippen LogP contribution in [0.4, 0.5) is 5.82 Å². The highest BCUT2D eigenvalue weighted by Gasteiger charge is 2.12. The number of anilines is 1. The van der Waals surface area contributed by atoms with Gasteiger partial charge in [0.1, 0.15) is 11.5 Å². The molecule has 2 aromatic rings. The smallest absolute Gasteiger partial charge is 0.271 e. The Morgan fingerprint density at radius 3 is 3.00 bits per heavy atom. The fourth-order valence-electron chi connectivity index (χ4n) is 1.68. The summed E-state index contributed by atoms with van der Waals surface area (Å²) < 4.78 is 0. The Balaban J connectivity index is 1.96. The van der Waals surface area contributed by atoms with Crippen LogP contribution in [0, 0.1) is 0 Å². The zero-order valence-corrected chi connectivity index (χ0v) is 11.7. The van der Waals surface area contributed by atoms with Crippen molar-refractivity contribution in [2.75, 3.05) is 12.4 Å². The molecule has 0 aliphatic carbocycles. The van der Waals surface area contributed by atoms with Crippen molar-refractivity contribution in [1.82, 2.24) is 15.3 Å². The van der Waals surface area contributed by atoms with Crippen LogP contribution in [0.3, 0.4) is 0 Å². The summed E-state index contributed by atoms with van der Waals surface area (Å²) >= 11 is 1.69. The number of carbonyl (C=O) groups is 1. The van der Waals surface area contributed by atoms with Gasteiger partial charge in [-0.25, -0.2) is 4.98 Å². The number of carbonyl (C=O) groups excluding carboxylic acids is 1. The minimum absolute atomic E-state index is 0.0613. The number of amides is 1. The van der Waals surface area contributed by atoms with Crippen LogP contribution in [0.5, 0.6) is 0 Å². The molecule has 2 heterocycles. The number of hydrogen-bond donors (Lipinski definition) is 2. The second-order valence-corrected chi connectivity index (χ2v) is 5.23. The minimum atomic E-state index is -0.200. The molecule has 0 spiro atoms. The van der Waals surface area contributed by atoms with Crippen LogP contribution in [-0.4, -0.2) is 29.0 Å². The van der Waals surface area contributed by atoms with Crippen LogP contribution in [0.25, 0.3) is 0 Å². The Kier molecular flexibility index (Phi) is 4.46. The van der Waals surface area contributed by atoms with Gasteiger partial charge in [-0.1, -0.05) is 6.07 Å². The normalized spacial score (nSPS) is 11.9. The molecule has 0 radical (unpaired) electrons. The maximum Gasteiger partial charge on any atom is 0.271 e. The van der Waals surface area contributed by atoms with Gasteiger partial charge < -0.3 is 10.6 Å². The minimum Gasteiger partial charge on any atom is -0.372 e. The third-order valence-electron chi connectivity index (χ3n) is 2.59. The number of hydrogen-bond acceptors (Lipinski definition) is 5. The summed E-state index contributed by atoms with van der Waals surface area (Å²) in [6.07, 6.45) is 3.86. The lowest BCUT2D eigenvalue weighted by Crippen LogP contribution is -2.34. The Morgan fingerprint density at radius 2 is 2.32 bits per heavy atom. The van der Waals surface area contributed by atoms with E-state index in [2.05, 4.69) is 26.7 Å². The molecule has 2 aromatic heterocycles. The second kappa shape index (κ2) is 6.29. The zero-order chi connectivity index (χ0) is 13.7. The lowest BCUT2D eigenvalue weighted by atomic mass is 10.2. The predicted molar refractivity (Wildman–Crippen MR) is 76.5 cm³/mol. The predicted octanol–water partition coefficient (Wildman–Crippen LogP) is 1.94. The highest BCUT2D eigenvalue weighted by Crippen LogP contribution is 2.11. The van der Waals surface area contributed by atoms with Gasteiger partial charge in [0.2, 0.25) is 0 Å². The molecule has 0 saturated heterocycles. The summed E-state index contributed by atoms with van der Waals surface area (Å²) in [5.41, 5.74) is 0.324. The van der Waals surface area contributed by atoms with Crippen LogP contribution < -0.4 is 10.6 Å². The lowest BCUT2D eigenvalue weighted by Gasteiger charge is -2.12. The van der Waals surface area contributed by atoms with E-state index < -0.39 is 0 Å². The molecule has 100 valence electrons. The zero-order valence-electron chi connectivity index (χ0n) is 10.9. The van der Waals surface area contributed by atoms with Crippen LogP contribution >= 0.6 is 11.3 Å². The summed E-state index contributed by atoms with van der Waals surface area (Å²) in [5, 5.41) is 7.82. The number of rotatable bonds is 5. The van der Waals surface area contributed by atoms with Crippen molar-refractivity contribution in [1.29, 1.82) is 0 Å². The Morgan fingerprint density at radius 1 is 1.47 bits per heavy atom. The van der Waals surface area contributed by atoms with Gasteiger partial charge in [0.15, 0.2) is 0 Å². The number of thiophene rings is 1. The van der Waals surface area contributed by atoms with E-state index >= 15 is 0 Å².